The molecule has 0 heterocycles. The smallest absolute Gasteiger partial charge is 0.277 e. The van der Waals surface area contributed by atoms with Crippen molar-refractivity contribution < 1.29 is 19.0 Å². The first kappa shape index (κ1) is 20.9. The molecule has 30 heavy (non-hydrogen) atoms. The van der Waals surface area contributed by atoms with Gasteiger partial charge in [0.1, 0.15) is 17.2 Å². The van der Waals surface area contributed by atoms with E-state index in [1.165, 1.54) is 0 Å². The summed E-state index contributed by atoms with van der Waals surface area (Å²) in [5.74, 6) is 1.57. The molecule has 0 aromatic heterocycles. The second-order valence-corrected chi connectivity index (χ2v) is 6.45. The van der Waals surface area contributed by atoms with Gasteiger partial charge in [-0.2, -0.15) is 5.10 Å². The van der Waals surface area contributed by atoms with Gasteiger partial charge in [-0.05, 0) is 30.7 Å². The summed E-state index contributed by atoms with van der Waals surface area (Å²) < 4.78 is 16.3. The van der Waals surface area contributed by atoms with Crippen molar-refractivity contribution in [3.8, 4) is 28.4 Å². The topological polar surface area (TPSA) is 69.2 Å². The molecule has 0 aliphatic rings. The van der Waals surface area contributed by atoms with Gasteiger partial charge in [0.2, 0.25) is 0 Å². The van der Waals surface area contributed by atoms with E-state index < -0.39 is 0 Å². The zero-order chi connectivity index (χ0) is 21.3. The number of benzene rings is 3. The molecule has 0 bridgehead atoms. The minimum absolute atomic E-state index is 0.152. The maximum absolute atomic E-state index is 12.3. The number of carbonyl (C=O) groups is 1. The summed E-state index contributed by atoms with van der Waals surface area (Å²) in [6, 6.07) is 22.9. The van der Waals surface area contributed by atoms with Gasteiger partial charge in [-0.1, -0.05) is 48.5 Å². The minimum Gasteiger partial charge on any atom is -0.497 e. The Kier molecular flexibility index (Phi) is 7.05. The summed E-state index contributed by atoms with van der Waals surface area (Å²) in [6.07, 6.45) is 0. The van der Waals surface area contributed by atoms with Gasteiger partial charge in [-0.25, -0.2) is 5.43 Å². The van der Waals surface area contributed by atoms with Crippen LogP contribution < -0.4 is 19.6 Å². The highest BCUT2D eigenvalue weighted by atomic mass is 16.5. The minimum atomic E-state index is -0.357. The van der Waals surface area contributed by atoms with Crippen LogP contribution in [0, 0.1) is 0 Å². The van der Waals surface area contributed by atoms with Crippen molar-refractivity contribution in [1.29, 1.82) is 0 Å². The number of hydrazone groups is 1. The van der Waals surface area contributed by atoms with E-state index >= 15 is 0 Å². The van der Waals surface area contributed by atoms with Gasteiger partial charge in [0.15, 0.2) is 6.61 Å². The number of hydrogen-bond acceptors (Lipinski definition) is 5. The summed E-state index contributed by atoms with van der Waals surface area (Å²) in [5.41, 5.74) is 5.84. The second kappa shape index (κ2) is 10.1. The van der Waals surface area contributed by atoms with Crippen molar-refractivity contribution in [3.63, 3.8) is 0 Å². The molecule has 0 unspecified atom stereocenters. The third kappa shape index (κ3) is 5.17. The second-order valence-electron chi connectivity index (χ2n) is 6.45. The van der Waals surface area contributed by atoms with E-state index in [1.54, 1.807) is 27.2 Å². The van der Waals surface area contributed by atoms with Crippen LogP contribution in [-0.4, -0.2) is 32.4 Å². The third-order valence-corrected chi connectivity index (χ3v) is 4.48. The summed E-state index contributed by atoms with van der Waals surface area (Å²) in [6.45, 7) is 1.64. The number of carbonyl (C=O) groups excluding carboxylic acids is 1. The number of methoxy groups -OCH3 is 2. The molecule has 0 saturated carbocycles. The fourth-order valence-corrected chi connectivity index (χ4v) is 2.93. The zero-order valence-corrected chi connectivity index (χ0v) is 17.2. The van der Waals surface area contributed by atoms with Crippen LogP contribution in [-0.2, 0) is 4.79 Å². The first-order valence-electron chi connectivity index (χ1n) is 9.45. The molecule has 0 fully saturated rings. The van der Waals surface area contributed by atoms with Crippen LogP contribution in [0.3, 0.4) is 0 Å². The quantitative estimate of drug-likeness (QED) is 0.449. The Balaban J connectivity index is 1.65. The standard InChI is InChI=1S/C24H24N2O4/c1-17(20-14-13-19(28-2)15-23(20)29-3)25-26-24(27)16-30-22-12-8-7-11-21(22)18-9-5-4-6-10-18/h4-15H,16H2,1-3H3,(H,26,27)/b25-17-. The first-order chi connectivity index (χ1) is 14.6. The normalized spacial score (nSPS) is 11.0. The van der Waals surface area contributed by atoms with E-state index in [0.29, 0.717) is 23.0 Å². The summed E-state index contributed by atoms with van der Waals surface area (Å²) >= 11 is 0. The molecule has 0 aliphatic carbocycles. The number of nitrogens with zero attached hydrogens (tertiary/aromatic N) is 1. The fraction of sp³-hybridized carbons (Fsp3) is 0.167. The SMILES string of the molecule is COc1ccc(/C(C)=N\NC(=O)COc2ccccc2-c2ccccc2)c(OC)c1. The van der Waals surface area contributed by atoms with Crippen molar-refractivity contribution in [1.82, 2.24) is 5.43 Å². The van der Waals surface area contributed by atoms with Gasteiger partial charge >= 0.3 is 0 Å². The predicted octanol–water partition coefficient (Wildman–Crippen LogP) is 4.29. The third-order valence-electron chi connectivity index (χ3n) is 4.48. The summed E-state index contributed by atoms with van der Waals surface area (Å²) in [7, 11) is 3.16. The molecule has 0 aliphatic heterocycles. The number of nitrogens with one attached hydrogen (secondary N) is 1. The fourth-order valence-electron chi connectivity index (χ4n) is 2.93. The Labute approximate surface area is 176 Å². The Bertz CT molecular complexity index is 1030. The lowest BCUT2D eigenvalue weighted by molar-refractivity contribution is -0.123. The molecule has 6 heteroatoms. The van der Waals surface area contributed by atoms with E-state index in [0.717, 1.165) is 16.7 Å². The molecular formula is C24H24N2O4. The van der Waals surface area contributed by atoms with Crippen molar-refractivity contribution in [2.75, 3.05) is 20.8 Å². The highest BCUT2D eigenvalue weighted by Crippen LogP contribution is 2.29. The van der Waals surface area contributed by atoms with Gasteiger partial charge in [-0.15, -0.1) is 0 Å². The molecular weight excluding hydrogens is 380 g/mol. The molecule has 3 aromatic rings. The molecule has 1 amide bonds. The van der Waals surface area contributed by atoms with Crippen molar-refractivity contribution in [2.45, 2.75) is 6.92 Å². The lowest BCUT2D eigenvalue weighted by Gasteiger charge is -2.12. The van der Waals surface area contributed by atoms with E-state index in [9.17, 15) is 4.79 Å². The Morgan fingerprint density at radius 3 is 2.37 bits per heavy atom. The predicted molar refractivity (Wildman–Crippen MR) is 117 cm³/mol. The van der Waals surface area contributed by atoms with Gasteiger partial charge < -0.3 is 14.2 Å². The maximum Gasteiger partial charge on any atom is 0.277 e. The number of rotatable bonds is 8. The monoisotopic (exact) mass is 404 g/mol. The first-order valence-corrected chi connectivity index (χ1v) is 9.45. The zero-order valence-electron chi connectivity index (χ0n) is 17.2. The Hall–Kier alpha value is -3.80. The Morgan fingerprint density at radius 1 is 0.900 bits per heavy atom. The number of amides is 1. The summed E-state index contributed by atoms with van der Waals surface area (Å²) in [5, 5.41) is 4.17. The molecule has 1 N–H and O–H groups in total. The number of ether oxygens (including phenoxy) is 3. The van der Waals surface area contributed by atoms with Crippen molar-refractivity contribution >= 4 is 11.6 Å². The molecule has 6 nitrogen and oxygen atoms in total. The largest absolute Gasteiger partial charge is 0.497 e. The summed E-state index contributed by atoms with van der Waals surface area (Å²) in [4.78, 5) is 12.3. The average Bonchev–Trinajstić information content (AvgIpc) is 2.81. The Morgan fingerprint density at radius 2 is 1.63 bits per heavy atom. The molecule has 3 aromatic carbocycles. The van der Waals surface area contributed by atoms with Crippen LogP contribution in [0.1, 0.15) is 12.5 Å². The molecule has 0 atom stereocenters. The lowest BCUT2D eigenvalue weighted by atomic mass is 10.1. The van der Waals surface area contributed by atoms with Crippen LogP contribution in [0.15, 0.2) is 77.9 Å². The van der Waals surface area contributed by atoms with Gasteiger partial charge in [0.25, 0.3) is 5.91 Å². The van der Waals surface area contributed by atoms with Crippen LogP contribution >= 0.6 is 0 Å². The van der Waals surface area contributed by atoms with E-state index in [-0.39, 0.29) is 12.5 Å². The van der Waals surface area contributed by atoms with E-state index in [4.69, 9.17) is 14.2 Å². The highest BCUT2D eigenvalue weighted by Gasteiger charge is 2.10. The van der Waals surface area contributed by atoms with Crippen molar-refractivity contribution in [3.05, 3.63) is 78.4 Å². The van der Waals surface area contributed by atoms with Crippen LogP contribution in [0.25, 0.3) is 11.1 Å². The molecule has 3 rings (SSSR count). The van der Waals surface area contributed by atoms with Gasteiger partial charge in [0.05, 0.1) is 19.9 Å². The highest BCUT2D eigenvalue weighted by molar-refractivity contribution is 6.01. The molecule has 0 saturated heterocycles. The number of para-hydroxylation sites is 1. The lowest BCUT2D eigenvalue weighted by Crippen LogP contribution is -2.25. The van der Waals surface area contributed by atoms with Gasteiger partial charge in [-0.3, -0.25) is 4.79 Å². The van der Waals surface area contributed by atoms with Gasteiger partial charge in [0, 0.05) is 17.2 Å². The number of hydrogen-bond donors (Lipinski definition) is 1. The van der Waals surface area contributed by atoms with E-state index in [1.807, 2.05) is 66.7 Å². The van der Waals surface area contributed by atoms with Crippen LogP contribution in [0.4, 0.5) is 0 Å². The van der Waals surface area contributed by atoms with Crippen LogP contribution in [0.2, 0.25) is 0 Å². The average molecular weight is 404 g/mol. The maximum atomic E-state index is 12.3. The van der Waals surface area contributed by atoms with Crippen molar-refractivity contribution in [2.24, 2.45) is 5.10 Å². The molecule has 0 spiro atoms. The molecule has 0 radical (unpaired) electrons. The van der Waals surface area contributed by atoms with Crippen LogP contribution in [0.5, 0.6) is 17.2 Å². The van der Waals surface area contributed by atoms with E-state index in [2.05, 4.69) is 10.5 Å². The molecule has 154 valence electrons.